The van der Waals surface area contributed by atoms with Crippen molar-refractivity contribution in [1.82, 2.24) is 0 Å². The molecule has 3 aliphatic rings. The summed E-state index contributed by atoms with van der Waals surface area (Å²) in [5, 5.41) is 0. The fourth-order valence-corrected chi connectivity index (χ4v) is 3.95. The zero-order chi connectivity index (χ0) is 19.7. The molecular formula is C29H28. The van der Waals surface area contributed by atoms with E-state index in [0.717, 1.165) is 19.3 Å². The van der Waals surface area contributed by atoms with E-state index in [0.29, 0.717) is 0 Å². The highest BCUT2D eigenvalue weighted by molar-refractivity contribution is 5.59. The number of benzene rings is 3. The van der Waals surface area contributed by atoms with Crippen molar-refractivity contribution in [3.63, 3.8) is 0 Å². The first-order valence-corrected chi connectivity index (χ1v) is 10.6. The highest BCUT2D eigenvalue weighted by atomic mass is 14.1. The topological polar surface area (TPSA) is 0 Å². The summed E-state index contributed by atoms with van der Waals surface area (Å²) in [7, 11) is 0. The first-order chi connectivity index (χ1) is 14.4. The molecule has 0 fully saturated rings. The predicted octanol–water partition coefficient (Wildman–Crippen LogP) is 7.24. The van der Waals surface area contributed by atoms with Crippen molar-refractivity contribution in [3.05, 3.63) is 130 Å². The molecule has 0 radical (unpaired) electrons. The Balaban J connectivity index is 0.000000106. The lowest BCUT2D eigenvalue weighted by Gasteiger charge is -2.08. The van der Waals surface area contributed by atoms with Gasteiger partial charge in [0.15, 0.2) is 0 Å². The molecule has 0 saturated heterocycles. The van der Waals surface area contributed by atoms with Crippen LogP contribution in [-0.4, -0.2) is 0 Å². The van der Waals surface area contributed by atoms with Gasteiger partial charge in [0.1, 0.15) is 0 Å². The quantitative estimate of drug-likeness (QED) is 0.363. The zero-order valence-electron chi connectivity index (χ0n) is 16.9. The molecule has 0 heterocycles. The van der Waals surface area contributed by atoms with Crippen molar-refractivity contribution in [1.29, 1.82) is 0 Å². The summed E-state index contributed by atoms with van der Waals surface area (Å²) in [6, 6.07) is 25.7. The van der Waals surface area contributed by atoms with E-state index >= 15 is 0 Å². The van der Waals surface area contributed by atoms with Crippen molar-refractivity contribution >= 4 is 12.2 Å². The zero-order valence-corrected chi connectivity index (χ0v) is 16.9. The Bertz CT molecular complexity index is 1010. The molecule has 29 heavy (non-hydrogen) atoms. The SMILES string of the molecule is C1=CCc2ccccc2C1.C1=Cc2ccccc2C1.C1=Cc2ccccc2CC1. The Morgan fingerprint density at radius 2 is 0.897 bits per heavy atom. The van der Waals surface area contributed by atoms with E-state index in [2.05, 4.69) is 109 Å². The van der Waals surface area contributed by atoms with E-state index in [1.165, 1.54) is 46.2 Å². The van der Waals surface area contributed by atoms with Crippen LogP contribution in [0.2, 0.25) is 0 Å². The van der Waals surface area contributed by atoms with Crippen LogP contribution in [0.4, 0.5) is 0 Å². The van der Waals surface area contributed by atoms with Crippen molar-refractivity contribution in [2.24, 2.45) is 0 Å². The fraction of sp³-hybridized carbons (Fsp3) is 0.172. The van der Waals surface area contributed by atoms with Crippen LogP contribution < -0.4 is 0 Å². The maximum atomic E-state index is 2.24. The number of hydrogen-bond donors (Lipinski definition) is 0. The molecule has 0 aromatic heterocycles. The van der Waals surface area contributed by atoms with Crippen molar-refractivity contribution in [2.45, 2.75) is 32.1 Å². The van der Waals surface area contributed by atoms with Crippen molar-refractivity contribution in [2.75, 3.05) is 0 Å². The van der Waals surface area contributed by atoms with Gasteiger partial charge in [0.2, 0.25) is 0 Å². The standard InChI is InChI=1S/2C10H10.C9H8/c2*1-2-6-10-8-4-3-7-9(10)5-1;1-2-5-9-7-3-6-8(9)4-1/h1-3,5-7H,4,8H2;1-6H,7-8H2;1-6H,7H2. The minimum Gasteiger partial charge on any atom is -0.0838 e. The lowest BCUT2D eigenvalue weighted by molar-refractivity contribution is 0.986. The molecule has 3 aliphatic carbocycles. The van der Waals surface area contributed by atoms with Gasteiger partial charge in [-0.3, -0.25) is 0 Å². The van der Waals surface area contributed by atoms with E-state index in [1.807, 2.05) is 0 Å². The number of rotatable bonds is 0. The molecule has 6 rings (SSSR count). The fourth-order valence-electron chi connectivity index (χ4n) is 3.95. The monoisotopic (exact) mass is 376 g/mol. The summed E-state index contributed by atoms with van der Waals surface area (Å²) in [6.07, 6.45) is 19.1. The molecule has 3 aromatic rings. The summed E-state index contributed by atoms with van der Waals surface area (Å²) in [5.74, 6) is 0. The van der Waals surface area contributed by atoms with Gasteiger partial charge in [-0.1, -0.05) is 109 Å². The van der Waals surface area contributed by atoms with Crippen LogP contribution in [0, 0.1) is 0 Å². The molecule has 0 saturated carbocycles. The van der Waals surface area contributed by atoms with Gasteiger partial charge in [0.25, 0.3) is 0 Å². The normalized spacial score (nSPS) is 14.5. The first-order valence-electron chi connectivity index (χ1n) is 10.6. The molecule has 3 aromatic carbocycles. The average Bonchev–Trinajstić information content (AvgIpc) is 3.29. The van der Waals surface area contributed by atoms with Crippen LogP contribution in [-0.2, 0) is 25.7 Å². The molecule has 144 valence electrons. The Morgan fingerprint density at radius 1 is 0.414 bits per heavy atom. The molecule has 0 bridgehead atoms. The second-order valence-electron chi connectivity index (χ2n) is 7.59. The highest BCUT2D eigenvalue weighted by Crippen LogP contribution is 2.18. The maximum absolute atomic E-state index is 2.24. The molecule has 0 unspecified atom stereocenters. The number of allylic oxidation sites excluding steroid dienone is 4. The molecule has 0 aliphatic heterocycles. The van der Waals surface area contributed by atoms with Gasteiger partial charge in [-0.25, -0.2) is 0 Å². The van der Waals surface area contributed by atoms with Crippen LogP contribution in [0.5, 0.6) is 0 Å². The van der Waals surface area contributed by atoms with Gasteiger partial charge < -0.3 is 0 Å². The highest BCUT2D eigenvalue weighted by Gasteiger charge is 2.02. The van der Waals surface area contributed by atoms with E-state index < -0.39 is 0 Å². The van der Waals surface area contributed by atoms with Crippen molar-refractivity contribution < 1.29 is 0 Å². The van der Waals surface area contributed by atoms with Gasteiger partial charge in [-0.2, -0.15) is 0 Å². The Kier molecular flexibility index (Phi) is 6.55. The van der Waals surface area contributed by atoms with Gasteiger partial charge in [0, 0.05) is 0 Å². The van der Waals surface area contributed by atoms with Gasteiger partial charge >= 0.3 is 0 Å². The first kappa shape index (κ1) is 19.2. The third-order valence-corrected chi connectivity index (χ3v) is 5.58. The van der Waals surface area contributed by atoms with Crippen LogP contribution in [0.3, 0.4) is 0 Å². The summed E-state index contributed by atoms with van der Waals surface area (Å²) < 4.78 is 0. The molecule has 0 atom stereocenters. The molecule has 0 heteroatoms. The average molecular weight is 377 g/mol. The number of fused-ring (bicyclic) bond motifs is 3. The largest absolute Gasteiger partial charge is 0.0838 e. The smallest absolute Gasteiger partial charge is 0.00882 e. The van der Waals surface area contributed by atoms with Gasteiger partial charge in [0.05, 0.1) is 0 Å². The lowest BCUT2D eigenvalue weighted by Crippen LogP contribution is -1.95. The van der Waals surface area contributed by atoms with E-state index in [1.54, 1.807) is 0 Å². The van der Waals surface area contributed by atoms with Gasteiger partial charge in [-0.05, 0) is 65.5 Å². The Morgan fingerprint density at radius 3 is 1.52 bits per heavy atom. The molecule has 0 amide bonds. The minimum absolute atomic E-state index is 1.12. The predicted molar refractivity (Wildman–Crippen MR) is 126 cm³/mol. The van der Waals surface area contributed by atoms with Crippen molar-refractivity contribution in [3.8, 4) is 0 Å². The summed E-state index contributed by atoms with van der Waals surface area (Å²) in [4.78, 5) is 0. The second-order valence-corrected chi connectivity index (χ2v) is 7.59. The number of hydrogen-bond acceptors (Lipinski definition) is 0. The van der Waals surface area contributed by atoms with Crippen LogP contribution in [0.1, 0.15) is 39.8 Å². The molecule has 0 N–H and O–H groups in total. The number of aryl methyl sites for hydroxylation is 1. The third-order valence-electron chi connectivity index (χ3n) is 5.58. The maximum Gasteiger partial charge on any atom is -0.00882 e. The van der Waals surface area contributed by atoms with Crippen LogP contribution >= 0.6 is 0 Å². The third kappa shape index (κ3) is 5.23. The van der Waals surface area contributed by atoms with E-state index in [-0.39, 0.29) is 0 Å². The van der Waals surface area contributed by atoms with Gasteiger partial charge in [-0.15, -0.1) is 0 Å². The van der Waals surface area contributed by atoms with Crippen LogP contribution in [0.15, 0.2) is 97.1 Å². The summed E-state index contributed by atoms with van der Waals surface area (Å²) >= 11 is 0. The lowest BCUT2D eigenvalue weighted by atomic mass is 9.97. The Labute approximate surface area is 174 Å². The molecule has 0 nitrogen and oxygen atoms in total. The molecular weight excluding hydrogens is 348 g/mol. The molecule has 0 spiro atoms. The second kappa shape index (κ2) is 9.89. The van der Waals surface area contributed by atoms with E-state index in [4.69, 9.17) is 0 Å². The summed E-state index contributed by atoms with van der Waals surface area (Å²) in [5.41, 5.74) is 8.71. The minimum atomic E-state index is 1.12. The van der Waals surface area contributed by atoms with E-state index in [9.17, 15) is 0 Å². The summed E-state index contributed by atoms with van der Waals surface area (Å²) in [6.45, 7) is 0. The van der Waals surface area contributed by atoms with Crippen LogP contribution in [0.25, 0.3) is 12.2 Å². The Hall–Kier alpha value is -3.12.